The van der Waals surface area contributed by atoms with Crippen LogP contribution < -0.4 is 5.32 Å². The second-order valence-electron chi connectivity index (χ2n) is 5.08. The third kappa shape index (κ3) is 3.81. The summed E-state index contributed by atoms with van der Waals surface area (Å²) in [5.74, 6) is -1.11. The van der Waals surface area contributed by atoms with E-state index in [1.165, 1.54) is 0 Å². The fraction of sp³-hybridized carbons (Fsp3) is 0.294. The highest BCUT2D eigenvalue weighted by atomic mass is 16.4. The normalized spacial score (nSPS) is 12.0. The van der Waals surface area contributed by atoms with Crippen molar-refractivity contribution in [2.75, 3.05) is 0 Å². The van der Waals surface area contributed by atoms with Gasteiger partial charge in [0.1, 0.15) is 0 Å². The molecule has 0 radical (unpaired) electrons. The van der Waals surface area contributed by atoms with Crippen LogP contribution in [0.15, 0.2) is 42.5 Å². The van der Waals surface area contributed by atoms with Gasteiger partial charge >= 0.3 is 5.97 Å². The third-order valence-corrected chi connectivity index (χ3v) is 3.43. The highest BCUT2D eigenvalue weighted by Gasteiger charge is 2.17. The largest absolute Gasteiger partial charge is 0.481 e. The molecule has 0 heterocycles. The molecule has 1 unspecified atom stereocenters. The Morgan fingerprint density at radius 3 is 2.57 bits per heavy atom. The van der Waals surface area contributed by atoms with E-state index in [0.29, 0.717) is 12.0 Å². The number of hydrogen-bond acceptors (Lipinski definition) is 2. The Morgan fingerprint density at radius 2 is 1.86 bits per heavy atom. The van der Waals surface area contributed by atoms with Gasteiger partial charge in [-0.2, -0.15) is 0 Å². The zero-order chi connectivity index (χ0) is 15.2. The first-order valence-corrected chi connectivity index (χ1v) is 7.12. The van der Waals surface area contributed by atoms with Crippen molar-refractivity contribution in [1.29, 1.82) is 0 Å². The summed E-state index contributed by atoms with van der Waals surface area (Å²) in [7, 11) is 0. The van der Waals surface area contributed by atoms with Crippen molar-refractivity contribution in [1.82, 2.24) is 5.32 Å². The van der Waals surface area contributed by atoms with Crippen LogP contribution in [0.1, 0.15) is 36.5 Å². The summed E-state index contributed by atoms with van der Waals surface area (Å²) in [5, 5.41) is 13.6. The molecule has 0 saturated heterocycles. The van der Waals surface area contributed by atoms with Gasteiger partial charge in [0.2, 0.25) is 0 Å². The second-order valence-corrected chi connectivity index (χ2v) is 5.08. The SMILES string of the molecule is CCCC(CC(=O)O)NC(=O)c1cccc2ccccc12. The number of rotatable bonds is 6. The van der Waals surface area contributed by atoms with Crippen molar-refractivity contribution < 1.29 is 14.7 Å². The number of nitrogens with one attached hydrogen (secondary N) is 1. The number of carbonyl (C=O) groups is 2. The maximum Gasteiger partial charge on any atom is 0.305 e. The van der Waals surface area contributed by atoms with Gasteiger partial charge in [-0.1, -0.05) is 49.7 Å². The number of carboxylic acid groups (broad SMARTS) is 1. The molecule has 4 heteroatoms. The minimum Gasteiger partial charge on any atom is -0.481 e. The Morgan fingerprint density at radius 1 is 1.14 bits per heavy atom. The van der Waals surface area contributed by atoms with Crippen molar-refractivity contribution >= 4 is 22.6 Å². The molecule has 2 rings (SSSR count). The molecule has 0 spiro atoms. The van der Waals surface area contributed by atoms with Crippen LogP contribution in [-0.2, 0) is 4.79 Å². The molecule has 21 heavy (non-hydrogen) atoms. The van der Waals surface area contributed by atoms with Crippen LogP contribution in [-0.4, -0.2) is 23.0 Å². The first kappa shape index (κ1) is 15.0. The number of hydrogen-bond donors (Lipinski definition) is 2. The Labute approximate surface area is 123 Å². The van der Waals surface area contributed by atoms with Gasteiger partial charge < -0.3 is 10.4 Å². The van der Waals surface area contributed by atoms with Crippen LogP contribution >= 0.6 is 0 Å². The molecule has 4 nitrogen and oxygen atoms in total. The summed E-state index contributed by atoms with van der Waals surface area (Å²) in [6.07, 6.45) is 1.43. The number of benzene rings is 2. The summed E-state index contributed by atoms with van der Waals surface area (Å²) < 4.78 is 0. The molecular weight excluding hydrogens is 266 g/mol. The molecule has 1 atom stereocenters. The second kappa shape index (κ2) is 6.88. The van der Waals surface area contributed by atoms with E-state index in [4.69, 9.17) is 5.11 Å². The van der Waals surface area contributed by atoms with Crippen molar-refractivity contribution in [3.05, 3.63) is 48.0 Å². The van der Waals surface area contributed by atoms with Crippen LogP contribution in [0.25, 0.3) is 10.8 Å². The molecule has 0 aromatic heterocycles. The third-order valence-electron chi connectivity index (χ3n) is 3.43. The molecule has 0 bridgehead atoms. The lowest BCUT2D eigenvalue weighted by Gasteiger charge is -2.16. The van der Waals surface area contributed by atoms with Gasteiger partial charge in [0.25, 0.3) is 5.91 Å². The highest BCUT2D eigenvalue weighted by Crippen LogP contribution is 2.18. The molecule has 2 aromatic carbocycles. The number of carbonyl (C=O) groups excluding carboxylic acids is 1. The van der Waals surface area contributed by atoms with Gasteiger partial charge in [-0.25, -0.2) is 0 Å². The lowest BCUT2D eigenvalue weighted by molar-refractivity contribution is -0.137. The molecule has 0 aliphatic carbocycles. The predicted octanol–water partition coefficient (Wildman–Crippen LogP) is 3.21. The first-order chi connectivity index (χ1) is 10.1. The Balaban J connectivity index is 2.23. The monoisotopic (exact) mass is 285 g/mol. The van der Waals surface area contributed by atoms with E-state index in [2.05, 4.69) is 5.32 Å². The minimum absolute atomic E-state index is 0.0512. The van der Waals surface area contributed by atoms with Crippen LogP contribution in [0.2, 0.25) is 0 Å². The molecule has 0 saturated carbocycles. The maximum atomic E-state index is 12.4. The Hall–Kier alpha value is -2.36. The van der Waals surface area contributed by atoms with Gasteiger partial charge in [0.05, 0.1) is 6.42 Å². The molecule has 2 aromatic rings. The van der Waals surface area contributed by atoms with Gasteiger partial charge in [-0.05, 0) is 23.3 Å². The summed E-state index contributed by atoms with van der Waals surface area (Å²) in [6.45, 7) is 1.97. The molecule has 2 N–H and O–H groups in total. The van der Waals surface area contributed by atoms with Gasteiger partial charge in [0.15, 0.2) is 0 Å². The molecule has 1 amide bonds. The van der Waals surface area contributed by atoms with E-state index < -0.39 is 5.97 Å². The predicted molar refractivity (Wildman–Crippen MR) is 82.4 cm³/mol. The van der Waals surface area contributed by atoms with Crippen molar-refractivity contribution in [2.24, 2.45) is 0 Å². The maximum absolute atomic E-state index is 12.4. The highest BCUT2D eigenvalue weighted by molar-refractivity contribution is 6.07. The summed E-state index contributed by atoms with van der Waals surface area (Å²) in [5.41, 5.74) is 0.583. The van der Waals surface area contributed by atoms with Crippen molar-refractivity contribution in [3.8, 4) is 0 Å². The molecule has 0 aliphatic heterocycles. The lowest BCUT2D eigenvalue weighted by atomic mass is 10.0. The minimum atomic E-state index is -0.897. The van der Waals surface area contributed by atoms with Crippen molar-refractivity contribution in [3.63, 3.8) is 0 Å². The average Bonchev–Trinajstić information content (AvgIpc) is 2.46. The molecular formula is C17H19NO3. The van der Waals surface area contributed by atoms with Crippen LogP contribution in [0.5, 0.6) is 0 Å². The summed E-state index contributed by atoms with van der Waals surface area (Å²) >= 11 is 0. The number of carboxylic acids is 1. The molecule has 110 valence electrons. The topological polar surface area (TPSA) is 66.4 Å². The van der Waals surface area contributed by atoms with Crippen LogP contribution in [0.4, 0.5) is 0 Å². The van der Waals surface area contributed by atoms with E-state index in [-0.39, 0.29) is 18.4 Å². The van der Waals surface area contributed by atoms with Gasteiger partial charge in [0, 0.05) is 11.6 Å². The van der Waals surface area contributed by atoms with Gasteiger partial charge in [-0.3, -0.25) is 9.59 Å². The molecule has 0 fully saturated rings. The van der Waals surface area contributed by atoms with Gasteiger partial charge in [-0.15, -0.1) is 0 Å². The number of aliphatic carboxylic acids is 1. The van der Waals surface area contributed by atoms with E-state index in [1.54, 1.807) is 6.07 Å². The first-order valence-electron chi connectivity index (χ1n) is 7.12. The zero-order valence-electron chi connectivity index (χ0n) is 12.0. The van der Waals surface area contributed by atoms with Crippen LogP contribution in [0.3, 0.4) is 0 Å². The number of amides is 1. The summed E-state index contributed by atoms with van der Waals surface area (Å²) in [4.78, 5) is 23.3. The Bertz CT molecular complexity index is 646. The van der Waals surface area contributed by atoms with Crippen molar-refractivity contribution in [2.45, 2.75) is 32.2 Å². The van der Waals surface area contributed by atoms with E-state index in [1.807, 2.05) is 43.3 Å². The number of fused-ring (bicyclic) bond motifs is 1. The quantitative estimate of drug-likeness (QED) is 0.856. The van der Waals surface area contributed by atoms with E-state index >= 15 is 0 Å². The van der Waals surface area contributed by atoms with E-state index in [9.17, 15) is 9.59 Å². The Kier molecular flexibility index (Phi) is 4.93. The lowest BCUT2D eigenvalue weighted by Crippen LogP contribution is -2.36. The van der Waals surface area contributed by atoms with Crippen LogP contribution in [0, 0.1) is 0 Å². The fourth-order valence-corrected chi connectivity index (χ4v) is 2.47. The molecule has 0 aliphatic rings. The van der Waals surface area contributed by atoms with E-state index in [0.717, 1.165) is 17.2 Å². The standard InChI is InChI=1S/C17H19NO3/c1-2-6-13(11-16(19)20)18-17(21)15-10-5-8-12-7-3-4-9-14(12)15/h3-5,7-10,13H,2,6,11H2,1H3,(H,18,21)(H,19,20). The zero-order valence-corrected chi connectivity index (χ0v) is 12.0. The summed E-state index contributed by atoms with van der Waals surface area (Å²) in [6, 6.07) is 12.9. The average molecular weight is 285 g/mol. The smallest absolute Gasteiger partial charge is 0.305 e. The fourth-order valence-electron chi connectivity index (χ4n) is 2.47.